The fraction of sp³-hybridized carbons (Fsp3) is 0.188. The number of rotatable bonds is 3. The van der Waals surface area contributed by atoms with Crippen LogP contribution in [-0.2, 0) is 0 Å². The van der Waals surface area contributed by atoms with Crippen molar-refractivity contribution in [2.45, 2.75) is 13.8 Å². The van der Waals surface area contributed by atoms with Gasteiger partial charge in [0.25, 0.3) is 0 Å². The summed E-state index contributed by atoms with van der Waals surface area (Å²) >= 11 is 6.05. The van der Waals surface area contributed by atoms with E-state index < -0.39 is 5.97 Å². The third-order valence-corrected chi connectivity index (χ3v) is 3.73. The third kappa shape index (κ3) is 2.12. The molecule has 1 aromatic heterocycles. The van der Waals surface area contributed by atoms with Crippen LogP contribution in [0.3, 0.4) is 0 Å². The number of nitrogens with one attached hydrogen (secondary N) is 1. The van der Waals surface area contributed by atoms with E-state index in [1.807, 2.05) is 19.9 Å². The molecule has 3 rings (SSSR count). The average Bonchev–Trinajstić information content (AvgIpc) is 2.80. The molecule has 0 aliphatic carbocycles. The number of carboxylic acids is 1. The monoisotopic (exact) mass is 303 g/mol. The van der Waals surface area contributed by atoms with Gasteiger partial charge in [-0.1, -0.05) is 11.6 Å². The van der Waals surface area contributed by atoms with Crippen molar-refractivity contribution in [2.24, 2.45) is 0 Å². The number of aromatic carboxylic acids is 1. The number of aryl methyl sites for hydroxylation is 1. The Morgan fingerprint density at radius 2 is 2.14 bits per heavy atom. The van der Waals surface area contributed by atoms with Crippen LogP contribution < -0.4 is 4.74 Å². The van der Waals surface area contributed by atoms with E-state index in [9.17, 15) is 9.90 Å². The SMILES string of the molecule is CCOc1c(C)cc(C(=O)O)c2c1[nH]c1ccc(Cl)cc12. The van der Waals surface area contributed by atoms with Crippen molar-refractivity contribution in [1.29, 1.82) is 0 Å². The van der Waals surface area contributed by atoms with E-state index in [-0.39, 0.29) is 5.56 Å². The molecule has 0 aliphatic heterocycles. The number of H-pyrrole nitrogens is 1. The summed E-state index contributed by atoms with van der Waals surface area (Å²) in [4.78, 5) is 14.8. The number of carboxylic acid groups (broad SMARTS) is 1. The van der Waals surface area contributed by atoms with E-state index in [1.54, 1.807) is 18.2 Å². The van der Waals surface area contributed by atoms with Crippen LogP contribution in [0.25, 0.3) is 21.8 Å². The second-order valence-electron chi connectivity index (χ2n) is 4.87. The molecule has 0 saturated heterocycles. The minimum atomic E-state index is -0.966. The van der Waals surface area contributed by atoms with Gasteiger partial charge in [-0.2, -0.15) is 0 Å². The Bertz CT molecular complexity index is 867. The molecule has 2 N–H and O–H groups in total. The Labute approximate surface area is 126 Å². The molecule has 0 aliphatic rings. The van der Waals surface area contributed by atoms with E-state index >= 15 is 0 Å². The van der Waals surface area contributed by atoms with Crippen LogP contribution in [0, 0.1) is 6.92 Å². The van der Waals surface area contributed by atoms with Crippen molar-refractivity contribution in [3.8, 4) is 5.75 Å². The second-order valence-corrected chi connectivity index (χ2v) is 5.31. The Kier molecular flexibility index (Phi) is 3.26. The largest absolute Gasteiger partial charge is 0.491 e. The lowest BCUT2D eigenvalue weighted by Gasteiger charge is -2.10. The van der Waals surface area contributed by atoms with Gasteiger partial charge in [-0.25, -0.2) is 4.79 Å². The first kappa shape index (κ1) is 13.8. The van der Waals surface area contributed by atoms with Crippen molar-refractivity contribution in [3.63, 3.8) is 0 Å². The number of fused-ring (bicyclic) bond motifs is 3. The maximum Gasteiger partial charge on any atom is 0.336 e. The fourth-order valence-electron chi connectivity index (χ4n) is 2.66. The summed E-state index contributed by atoms with van der Waals surface area (Å²) in [5, 5.41) is 11.5. The number of hydrogen-bond donors (Lipinski definition) is 2. The Balaban J connectivity index is 2.52. The first-order chi connectivity index (χ1) is 10.0. The van der Waals surface area contributed by atoms with Crippen LogP contribution in [0.15, 0.2) is 24.3 Å². The molecule has 0 fully saturated rings. The predicted octanol–water partition coefficient (Wildman–Crippen LogP) is 4.38. The standard InChI is InChI=1S/C16H14ClNO3/c1-3-21-15-8(2)6-11(16(19)20)13-10-7-9(17)4-5-12(10)18-14(13)15/h4-7,18H,3H2,1-2H3,(H,19,20). The summed E-state index contributed by atoms with van der Waals surface area (Å²) < 4.78 is 5.69. The molecular formula is C16H14ClNO3. The van der Waals surface area contributed by atoms with Crippen LogP contribution >= 0.6 is 11.6 Å². The Morgan fingerprint density at radius 3 is 2.81 bits per heavy atom. The third-order valence-electron chi connectivity index (χ3n) is 3.50. The minimum Gasteiger partial charge on any atom is -0.491 e. The molecule has 2 aromatic carbocycles. The number of benzene rings is 2. The van der Waals surface area contributed by atoms with Crippen molar-refractivity contribution in [3.05, 3.63) is 40.4 Å². The summed E-state index contributed by atoms with van der Waals surface area (Å²) in [6, 6.07) is 7.03. The molecule has 0 bridgehead atoms. The molecule has 21 heavy (non-hydrogen) atoms. The van der Waals surface area contributed by atoms with Crippen LogP contribution in [0.1, 0.15) is 22.8 Å². The Morgan fingerprint density at radius 1 is 1.38 bits per heavy atom. The summed E-state index contributed by atoms with van der Waals surface area (Å²) in [6.07, 6.45) is 0. The van der Waals surface area contributed by atoms with Gasteiger partial charge in [0.05, 0.1) is 17.7 Å². The zero-order valence-electron chi connectivity index (χ0n) is 11.7. The van der Waals surface area contributed by atoms with Crippen molar-refractivity contribution < 1.29 is 14.6 Å². The number of aromatic nitrogens is 1. The van der Waals surface area contributed by atoms with Gasteiger partial charge in [0.1, 0.15) is 5.75 Å². The van der Waals surface area contributed by atoms with Crippen LogP contribution in [-0.4, -0.2) is 22.7 Å². The van der Waals surface area contributed by atoms with Gasteiger partial charge in [0, 0.05) is 21.3 Å². The fourth-order valence-corrected chi connectivity index (χ4v) is 2.84. The zero-order valence-corrected chi connectivity index (χ0v) is 12.4. The lowest BCUT2D eigenvalue weighted by atomic mass is 10.0. The van der Waals surface area contributed by atoms with Crippen LogP contribution in [0.4, 0.5) is 0 Å². The van der Waals surface area contributed by atoms with E-state index in [2.05, 4.69) is 4.98 Å². The van der Waals surface area contributed by atoms with Crippen molar-refractivity contribution in [1.82, 2.24) is 4.98 Å². The maximum atomic E-state index is 11.6. The quantitative estimate of drug-likeness (QED) is 0.754. The normalized spacial score (nSPS) is 11.2. The van der Waals surface area contributed by atoms with Gasteiger partial charge in [-0.3, -0.25) is 0 Å². The molecule has 4 nitrogen and oxygen atoms in total. The molecule has 0 amide bonds. The maximum absolute atomic E-state index is 11.6. The molecule has 0 spiro atoms. The molecule has 108 valence electrons. The molecule has 0 atom stereocenters. The summed E-state index contributed by atoms with van der Waals surface area (Å²) in [5.41, 5.74) is 2.58. The number of carbonyl (C=O) groups is 1. The molecule has 0 unspecified atom stereocenters. The van der Waals surface area contributed by atoms with E-state index in [4.69, 9.17) is 16.3 Å². The van der Waals surface area contributed by atoms with Gasteiger partial charge in [0.2, 0.25) is 0 Å². The highest BCUT2D eigenvalue weighted by Gasteiger charge is 2.19. The highest BCUT2D eigenvalue weighted by atomic mass is 35.5. The molecular weight excluding hydrogens is 290 g/mol. The molecule has 3 aromatic rings. The summed E-state index contributed by atoms with van der Waals surface area (Å²) in [7, 11) is 0. The first-order valence-electron chi connectivity index (χ1n) is 6.63. The average molecular weight is 304 g/mol. The van der Waals surface area contributed by atoms with Gasteiger partial charge < -0.3 is 14.8 Å². The molecule has 1 heterocycles. The predicted molar refractivity (Wildman–Crippen MR) is 83.7 cm³/mol. The zero-order chi connectivity index (χ0) is 15.1. The smallest absolute Gasteiger partial charge is 0.336 e. The first-order valence-corrected chi connectivity index (χ1v) is 7.01. The van der Waals surface area contributed by atoms with Gasteiger partial charge >= 0.3 is 5.97 Å². The molecule has 0 saturated carbocycles. The van der Waals surface area contributed by atoms with Gasteiger partial charge in [0.15, 0.2) is 0 Å². The van der Waals surface area contributed by atoms with Crippen molar-refractivity contribution >= 4 is 39.4 Å². The van der Waals surface area contributed by atoms with E-state index in [0.717, 1.165) is 16.5 Å². The van der Waals surface area contributed by atoms with Crippen molar-refractivity contribution in [2.75, 3.05) is 6.61 Å². The number of halogens is 1. The highest BCUT2D eigenvalue weighted by molar-refractivity contribution is 6.32. The van der Waals surface area contributed by atoms with E-state index in [1.165, 1.54) is 0 Å². The van der Waals surface area contributed by atoms with Crippen LogP contribution in [0.5, 0.6) is 5.75 Å². The lowest BCUT2D eigenvalue weighted by molar-refractivity contribution is 0.0699. The highest BCUT2D eigenvalue weighted by Crippen LogP contribution is 2.37. The van der Waals surface area contributed by atoms with E-state index in [0.29, 0.717) is 28.3 Å². The van der Waals surface area contributed by atoms with Gasteiger partial charge in [-0.15, -0.1) is 0 Å². The summed E-state index contributed by atoms with van der Waals surface area (Å²) in [6.45, 7) is 4.25. The number of hydrogen-bond acceptors (Lipinski definition) is 2. The van der Waals surface area contributed by atoms with Gasteiger partial charge in [-0.05, 0) is 43.7 Å². The topological polar surface area (TPSA) is 62.3 Å². The minimum absolute atomic E-state index is 0.250. The number of ether oxygens (including phenoxy) is 1. The molecule has 5 heteroatoms. The second kappa shape index (κ2) is 4.97. The summed E-state index contributed by atoms with van der Waals surface area (Å²) in [5.74, 6) is -0.281. The Hall–Kier alpha value is -2.20. The number of aromatic amines is 1. The van der Waals surface area contributed by atoms with Crippen LogP contribution in [0.2, 0.25) is 5.02 Å². The lowest BCUT2D eigenvalue weighted by Crippen LogP contribution is -2.01. The molecule has 0 radical (unpaired) electrons.